The quantitative estimate of drug-likeness (QED) is 0.906. The van der Waals surface area contributed by atoms with Gasteiger partial charge >= 0.3 is 5.69 Å². The van der Waals surface area contributed by atoms with Gasteiger partial charge in [-0.2, -0.15) is 0 Å². The first-order valence-corrected chi connectivity index (χ1v) is 6.45. The minimum Gasteiger partial charge on any atom is -0.295 e. The Hall–Kier alpha value is -1.04. The number of hydrogen-bond donors (Lipinski definition) is 1. The third-order valence-electron chi connectivity index (χ3n) is 2.30. The average molecular weight is 350 g/mol. The second-order valence-corrected chi connectivity index (χ2v) is 5.28. The zero-order chi connectivity index (χ0) is 13.3. The van der Waals surface area contributed by atoms with Crippen LogP contribution < -0.4 is 11.2 Å². The lowest BCUT2D eigenvalue weighted by Gasteiger charge is -2.06. The lowest BCUT2D eigenvalue weighted by Crippen LogP contribution is -2.30. The van der Waals surface area contributed by atoms with E-state index in [0.717, 1.165) is 5.56 Å². The fourth-order valence-electron chi connectivity index (χ4n) is 1.43. The van der Waals surface area contributed by atoms with Crippen LogP contribution in [0.5, 0.6) is 0 Å². The molecule has 0 aliphatic carbocycles. The van der Waals surface area contributed by atoms with Crippen molar-refractivity contribution in [2.24, 2.45) is 0 Å². The molecular weight excluding hydrogens is 343 g/mol. The lowest BCUT2D eigenvalue weighted by atomic mass is 10.2. The van der Waals surface area contributed by atoms with Gasteiger partial charge in [-0.3, -0.25) is 14.3 Å². The molecule has 2 rings (SSSR count). The van der Waals surface area contributed by atoms with Crippen LogP contribution in [0.15, 0.2) is 38.5 Å². The number of halogens is 3. The second kappa shape index (κ2) is 5.30. The fraction of sp³-hybridized carbons (Fsp3) is 0.0909. The second-order valence-electron chi connectivity index (χ2n) is 3.61. The van der Waals surface area contributed by atoms with E-state index < -0.39 is 11.2 Å². The molecule has 0 saturated carbocycles. The number of rotatable bonds is 2. The summed E-state index contributed by atoms with van der Waals surface area (Å²) in [6.45, 7) is 0.297. The van der Waals surface area contributed by atoms with Gasteiger partial charge in [0.05, 0.1) is 21.1 Å². The van der Waals surface area contributed by atoms with E-state index in [1.54, 1.807) is 18.2 Å². The molecule has 0 saturated heterocycles. The number of nitrogens with one attached hydrogen (secondary N) is 1. The summed E-state index contributed by atoms with van der Waals surface area (Å²) in [4.78, 5) is 25.0. The first-order chi connectivity index (χ1) is 8.47. The summed E-state index contributed by atoms with van der Waals surface area (Å²) >= 11 is 14.8. The SMILES string of the molecule is O=c1[nH]c(=O)n(Cc2ccc(Cl)c(Cl)c2)cc1Br. The highest BCUT2D eigenvalue weighted by Crippen LogP contribution is 2.22. The molecule has 1 aromatic heterocycles. The predicted octanol–water partition coefficient (Wildman–Crippen LogP) is 2.65. The highest BCUT2D eigenvalue weighted by atomic mass is 79.9. The number of nitrogens with zero attached hydrogens (tertiary/aromatic N) is 1. The predicted molar refractivity (Wildman–Crippen MR) is 74.6 cm³/mol. The number of aromatic amines is 1. The smallest absolute Gasteiger partial charge is 0.295 e. The normalized spacial score (nSPS) is 10.6. The molecule has 0 aliphatic rings. The Bertz CT molecular complexity index is 709. The van der Waals surface area contributed by atoms with Gasteiger partial charge in [0.1, 0.15) is 0 Å². The summed E-state index contributed by atoms with van der Waals surface area (Å²) in [5, 5.41) is 0.876. The van der Waals surface area contributed by atoms with Gasteiger partial charge in [-0.1, -0.05) is 29.3 Å². The number of benzene rings is 1. The van der Waals surface area contributed by atoms with Gasteiger partial charge < -0.3 is 0 Å². The molecule has 0 unspecified atom stereocenters. The molecule has 18 heavy (non-hydrogen) atoms. The summed E-state index contributed by atoms with van der Waals surface area (Å²) in [7, 11) is 0. The maximum atomic E-state index is 11.6. The van der Waals surface area contributed by atoms with Crippen molar-refractivity contribution in [1.29, 1.82) is 0 Å². The number of H-pyrrole nitrogens is 1. The zero-order valence-electron chi connectivity index (χ0n) is 8.91. The molecule has 7 heteroatoms. The van der Waals surface area contributed by atoms with E-state index in [2.05, 4.69) is 20.9 Å². The van der Waals surface area contributed by atoms with Crippen molar-refractivity contribution in [3.05, 3.63) is 65.3 Å². The Labute approximate surface area is 120 Å². The van der Waals surface area contributed by atoms with Crippen molar-refractivity contribution in [3.63, 3.8) is 0 Å². The van der Waals surface area contributed by atoms with E-state index in [1.165, 1.54) is 10.8 Å². The van der Waals surface area contributed by atoms with E-state index in [4.69, 9.17) is 23.2 Å². The van der Waals surface area contributed by atoms with Gasteiger partial charge in [0.25, 0.3) is 5.56 Å². The van der Waals surface area contributed by atoms with Crippen molar-refractivity contribution in [2.45, 2.75) is 6.54 Å². The minimum absolute atomic E-state index is 0.294. The average Bonchev–Trinajstić information content (AvgIpc) is 2.31. The fourth-order valence-corrected chi connectivity index (χ4v) is 2.10. The number of aromatic nitrogens is 2. The van der Waals surface area contributed by atoms with E-state index in [1.807, 2.05) is 0 Å². The molecule has 0 aliphatic heterocycles. The Morgan fingerprint density at radius 1 is 1.22 bits per heavy atom. The van der Waals surface area contributed by atoms with Crippen LogP contribution >= 0.6 is 39.1 Å². The molecule has 0 spiro atoms. The molecule has 0 atom stereocenters. The summed E-state index contributed by atoms with van der Waals surface area (Å²) in [5.74, 6) is 0. The molecule has 1 N–H and O–H groups in total. The molecule has 0 fully saturated rings. The molecule has 94 valence electrons. The lowest BCUT2D eigenvalue weighted by molar-refractivity contribution is 0.716. The Morgan fingerprint density at radius 3 is 2.61 bits per heavy atom. The van der Waals surface area contributed by atoms with Gasteiger partial charge in [-0.15, -0.1) is 0 Å². The first-order valence-electron chi connectivity index (χ1n) is 4.90. The van der Waals surface area contributed by atoms with Gasteiger partial charge in [-0.25, -0.2) is 4.79 Å². The molecule has 1 heterocycles. The minimum atomic E-state index is -0.478. The maximum absolute atomic E-state index is 11.6. The van der Waals surface area contributed by atoms with Gasteiger partial charge in [-0.05, 0) is 33.6 Å². The van der Waals surface area contributed by atoms with Crippen LogP contribution in [0, 0.1) is 0 Å². The van der Waals surface area contributed by atoms with Crippen molar-refractivity contribution in [2.75, 3.05) is 0 Å². The Kier molecular flexibility index (Phi) is 3.94. The molecule has 0 bridgehead atoms. The molecule has 4 nitrogen and oxygen atoms in total. The van der Waals surface area contributed by atoms with E-state index >= 15 is 0 Å². The maximum Gasteiger partial charge on any atom is 0.328 e. The molecule has 0 radical (unpaired) electrons. The van der Waals surface area contributed by atoms with Crippen LogP contribution in [0.2, 0.25) is 10.0 Å². The summed E-state index contributed by atoms with van der Waals surface area (Å²) < 4.78 is 1.66. The standard InChI is InChI=1S/C11H7BrCl2N2O2/c12-7-5-16(11(18)15-10(7)17)4-6-1-2-8(13)9(14)3-6/h1-3,5H,4H2,(H,15,17,18). The van der Waals surface area contributed by atoms with Gasteiger partial charge in [0.15, 0.2) is 0 Å². The van der Waals surface area contributed by atoms with Crippen LogP contribution in [0.1, 0.15) is 5.56 Å². The van der Waals surface area contributed by atoms with Crippen molar-refractivity contribution in [3.8, 4) is 0 Å². The third kappa shape index (κ3) is 2.85. The molecule has 2 aromatic rings. The van der Waals surface area contributed by atoms with Crippen LogP contribution in [0.25, 0.3) is 0 Å². The van der Waals surface area contributed by atoms with E-state index in [0.29, 0.717) is 21.1 Å². The topological polar surface area (TPSA) is 54.9 Å². The Balaban J connectivity index is 2.40. The summed E-state index contributed by atoms with van der Waals surface area (Å²) in [6.07, 6.45) is 1.43. The van der Waals surface area contributed by atoms with Crippen LogP contribution in [0.4, 0.5) is 0 Å². The molecular formula is C11H7BrCl2N2O2. The first kappa shape index (κ1) is 13.4. The van der Waals surface area contributed by atoms with Crippen molar-refractivity contribution >= 4 is 39.1 Å². The van der Waals surface area contributed by atoms with Gasteiger partial charge in [0.2, 0.25) is 0 Å². The van der Waals surface area contributed by atoms with Crippen LogP contribution in [0.3, 0.4) is 0 Å². The third-order valence-corrected chi connectivity index (χ3v) is 3.61. The van der Waals surface area contributed by atoms with Crippen molar-refractivity contribution in [1.82, 2.24) is 9.55 Å². The largest absolute Gasteiger partial charge is 0.328 e. The highest BCUT2D eigenvalue weighted by molar-refractivity contribution is 9.10. The summed E-state index contributed by atoms with van der Waals surface area (Å²) in [5.41, 5.74) is -0.120. The van der Waals surface area contributed by atoms with Crippen LogP contribution in [-0.4, -0.2) is 9.55 Å². The van der Waals surface area contributed by atoms with Crippen molar-refractivity contribution < 1.29 is 0 Å². The Morgan fingerprint density at radius 2 is 1.94 bits per heavy atom. The zero-order valence-corrected chi connectivity index (χ0v) is 12.0. The van der Waals surface area contributed by atoms with Crippen LogP contribution in [-0.2, 0) is 6.54 Å². The van der Waals surface area contributed by atoms with E-state index in [-0.39, 0.29) is 0 Å². The monoisotopic (exact) mass is 348 g/mol. The molecule has 1 aromatic carbocycles. The summed E-state index contributed by atoms with van der Waals surface area (Å²) in [6, 6.07) is 5.10. The number of hydrogen-bond acceptors (Lipinski definition) is 2. The van der Waals surface area contributed by atoms with Gasteiger partial charge in [0, 0.05) is 6.20 Å². The van der Waals surface area contributed by atoms with E-state index in [9.17, 15) is 9.59 Å². The molecule has 0 amide bonds. The highest BCUT2D eigenvalue weighted by Gasteiger charge is 2.04.